The highest BCUT2D eigenvalue weighted by molar-refractivity contribution is 5.96. The third kappa shape index (κ3) is 4.91. The van der Waals surface area contributed by atoms with Crippen molar-refractivity contribution >= 4 is 5.97 Å². The second-order valence-electron chi connectivity index (χ2n) is 4.82. The van der Waals surface area contributed by atoms with E-state index in [4.69, 9.17) is 18.9 Å². The average Bonchev–Trinajstić information content (AvgIpc) is 2.43. The lowest BCUT2D eigenvalue weighted by atomic mass is 10.1. The lowest BCUT2D eigenvalue weighted by molar-refractivity contribution is -0.127. The summed E-state index contributed by atoms with van der Waals surface area (Å²) < 4.78 is 20.4. The molecule has 1 heterocycles. The van der Waals surface area contributed by atoms with E-state index in [9.17, 15) is 4.79 Å². The number of nitrogens with one attached hydrogen (secondary N) is 1. The van der Waals surface area contributed by atoms with E-state index in [1.54, 1.807) is 39.2 Å². The molecule has 0 unspecified atom stereocenters. The quantitative estimate of drug-likeness (QED) is 0.675. The first-order valence-corrected chi connectivity index (χ1v) is 6.68. The summed E-state index contributed by atoms with van der Waals surface area (Å²) in [5.74, 6) is -0.376. The molecule has 1 N–H and O–H groups in total. The molecule has 6 nitrogen and oxygen atoms in total. The first-order valence-electron chi connectivity index (χ1n) is 6.68. The number of fused-ring (bicyclic) bond motifs is 1. The zero-order chi connectivity index (χ0) is 15.9. The summed E-state index contributed by atoms with van der Waals surface area (Å²) in [6.07, 6.45) is 0. The predicted octanol–water partition coefficient (Wildman–Crippen LogP) is 1.83. The number of cyclic esters (lactones) is 1. The number of hydrogen-bond donors (Lipinski definition) is 1. The van der Waals surface area contributed by atoms with E-state index < -0.39 is 11.8 Å². The van der Waals surface area contributed by atoms with Crippen LogP contribution in [0.4, 0.5) is 0 Å². The molecule has 0 spiro atoms. The van der Waals surface area contributed by atoms with Gasteiger partial charge in [0.25, 0.3) is 0 Å². The van der Waals surface area contributed by atoms with Crippen LogP contribution in [0.3, 0.4) is 0 Å². The highest BCUT2D eigenvalue weighted by atomic mass is 16.7. The minimum absolute atomic E-state index is 0.347. The molecule has 1 aromatic rings. The highest BCUT2D eigenvalue weighted by Crippen LogP contribution is 2.36. The standard InChI is InChI=1S/C11H12O4.C4H11NO/c1-11(2)14-8-6-4-5-7(13-3)9(8)10(12)15-11;1-5-3-4-6-2/h4-6H,1-3H3;5H,3-4H2,1-2H3. The Morgan fingerprint density at radius 2 is 1.95 bits per heavy atom. The average molecular weight is 297 g/mol. The molecule has 0 atom stereocenters. The monoisotopic (exact) mass is 297 g/mol. The molecule has 0 amide bonds. The summed E-state index contributed by atoms with van der Waals surface area (Å²) in [5, 5.41) is 2.94. The highest BCUT2D eigenvalue weighted by Gasteiger charge is 2.35. The Labute approximate surface area is 125 Å². The maximum Gasteiger partial charge on any atom is 0.349 e. The van der Waals surface area contributed by atoms with Gasteiger partial charge in [0.1, 0.15) is 17.1 Å². The number of carbonyl (C=O) groups excluding carboxylic acids is 1. The van der Waals surface area contributed by atoms with Crippen molar-refractivity contribution in [2.45, 2.75) is 19.6 Å². The fraction of sp³-hybridized carbons (Fsp3) is 0.533. The third-order valence-electron chi connectivity index (χ3n) is 2.66. The molecule has 1 aromatic carbocycles. The lowest BCUT2D eigenvalue weighted by Crippen LogP contribution is -2.38. The molecule has 2 rings (SSSR count). The van der Waals surface area contributed by atoms with Crippen LogP contribution >= 0.6 is 0 Å². The summed E-state index contributed by atoms with van der Waals surface area (Å²) in [4.78, 5) is 11.7. The predicted molar refractivity (Wildman–Crippen MR) is 78.9 cm³/mol. The largest absolute Gasteiger partial charge is 0.496 e. The minimum Gasteiger partial charge on any atom is -0.496 e. The first-order chi connectivity index (χ1) is 9.95. The zero-order valence-corrected chi connectivity index (χ0v) is 13.2. The van der Waals surface area contributed by atoms with Crippen molar-refractivity contribution in [3.63, 3.8) is 0 Å². The summed E-state index contributed by atoms with van der Waals surface area (Å²) in [6.45, 7) is 5.12. The molecule has 0 fully saturated rings. The second kappa shape index (κ2) is 7.85. The van der Waals surface area contributed by atoms with Crippen LogP contribution in [0, 0.1) is 0 Å². The van der Waals surface area contributed by atoms with Crippen LogP contribution in [0.15, 0.2) is 18.2 Å². The topological polar surface area (TPSA) is 66.0 Å². The Balaban J connectivity index is 0.000000315. The van der Waals surface area contributed by atoms with Crippen molar-refractivity contribution in [2.24, 2.45) is 0 Å². The maximum atomic E-state index is 11.7. The fourth-order valence-electron chi connectivity index (χ4n) is 1.73. The van der Waals surface area contributed by atoms with Gasteiger partial charge in [-0.1, -0.05) is 6.07 Å². The van der Waals surface area contributed by atoms with Crippen molar-refractivity contribution in [3.05, 3.63) is 23.8 Å². The van der Waals surface area contributed by atoms with E-state index in [0.717, 1.165) is 13.2 Å². The van der Waals surface area contributed by atoms with Gasteiger partial charge in [0.2, 0.25) is 5.79 Å². The number of methoxy groups -OCH3 is 2. The van der Waals surface area contributed by atoms with Gasteiger partial charge in [-0.15, -0.1) is 0 Å². The Kier molecular flexibility index (Phi) is 6.45. The summed E-state index contributed by atoms with van der Waals surface area (Å²) in [5.41, 5.74) is 0.347. The Hall–Kier alpha value is -1.79. The van der Waals surface area contributed by atoms with E-state index in [2.05, 4.69) is 5.32 Å². The number of hydrogen-bond acceptors (Lipinski definition) is 6. The van der Waals surface area contributed by atoms with Crippen molar-refractivity contribution in [1.29, 1.82) is 0 Å². The summed E-state index contributed by atoms with van der Waals surface area (Å²) >= 11 is 0. The van der Waals surface area contributed by atoms with Crippen LogP contribution in [0.25, 0.3) is 0 Å². The van der Waals surface area contributed by atoms with Crippen LogP contribution in [0.5, 0.6) is 11.5 Å². The molecule has 0 bridgehead atoms. The molecule has 0 saturated heterocycles. The van der Waals surface area contributed by atoms with Crippen molar-refractivity contribution < 1.29 is 23.7 Å². The van der Waals surface area contributed by atoms with Gasteiger partial charge in [0.05, 0.1) is 13.7 Å². The zero-order valence-electron chi connectivity index (χ0n) is 13.2. The van der Waals surface area contributed by atoms with Gasteiger partial charge in [-0.3, -0.25) is 0 Å². The van der Waals surface area contributed by atoms with Gasteiger partial charge < -0.3 is 24.3 Å². The minimum atomic E-state index is -0.920. The summed E-state index contributed by atoms with van der Waals surface area (Å²) in [6, 6.07) is 5.19. The molecular weight excluding hydrogens is 274 g/mol. The molecule has 1 aliphatic rings. The SMILES string of the molecule is CNCCOC.COc1cccc2c1C(=O)OC(C)(C)O2. The van der Waals surface area contributed by atoms with Crippen LogP contribution in [0.1, 0.15) is 24.2 Å². The molecule has 0 aliphatic carbocycles. The molecule has 0 aromatic heterocycles. The Bertz CT molecular complexity index is 469. The molecule has 1 aliphatic heterocycles. The number of rotatable bonds is 4. The number of benzene rings is 1. The van der Waals surface area contributed by atoms with Gasteiger partial charge >= 0.3 is 5.97 Å². The lowest BCUT2D eigenvalue weighted by Gasteiger charge is -2.32. The Morgan fingerprint density at radius 1 is 1.24 bits per heavy atom. The van der Waals surface area contributed by atoms with Gasteiger partial charge in [-0.05, 0) is 19.2 Å². The van der Waals surface area contributed by atoms with Crippen molar-refractivity contribution in [1.82, 2.24) is 5.32 Å². The molecule has 0 saturated carbocycles. The van der Waals surface area contributed by atoms with E-state index in [0.29, 0.717) is 17.1 Å². The molecule has 118 valence electrons. The van der Waals surface area contributed by atoms with Crippen molar-refractivity contribution in [2.75, 3.05) is 34.4 Å². The van der Waals surface area contributed by atoms with Crippen LogP contribution < -0.4 is 14.8 Å². The van der Waals surface area contributed by atoms with Gasteiger partial charge in [0, 0.05) is 27.5 Å². The molecule has 6 heteroatoms. The third-order valence-corrected chi connectivity index (χ3v) is 2.66. The van der Waals surface area contributed by atoms with Gasteiger partial charge in [0.15, 0.2) is 0 Å². The number of ether oxygens (including phenoxy) is 4. The van der Waals surface area contributed by atoms with E-state index in [1.165, 1.54) is 7.11 Å². The molecular formula is C15H23NO5. The van der Waals surface area contributed by atoms with E-state index in [1.807, 2.05) is 7.05 Å². The summed E-state index contributed by atoms with van der Waals surface area (Å²) in [7, 11) is 5.10. The maximum absolute atomic E-state index is 11.7. The number of esters is 1. The van der Waals surface area contributed by atoms with Crippen LogP contribution in [-0.2, 0) is 9.47 Å². The smallest absolute Gasteiger partial charge is 0.349 e. The Morgan fingerprint density at radius 3 is 2.48 bits per heavy atom. The van der Waals surface area contributed by atoms with Crippen LogP contribution in [0.2, 0.25) is 0 Å². The fourth-order valence-corrected chi connectivity index (χ4v) is 1.73. The van der Waals surface area contributed by atoms with Crippen LogP contribution in [-0.4, -0.2) is 46.2 Å². The number of carbonyl (C=O) groups is 1. The first kappa shape index (κ1) is 17.3. The molecule has 0 radical (unpaired) electrons. The molecule has 21 heavy (non-hydrogen) atoms. The van der Waals surface area contributed by atoms with E-state index >= 15 is 0 Å². The number of likely N-dealkylation sites (N-methyl/N-ethyl adjacent to an activating group) is 1. The van der Waals surface area contributed by atoms with E-state index in [-0.39, 0.29) is 0 Å². The van der Waals surface area contributed by atoms with Gasteiger partial charge in [-0.2, -0.15) is 0 Å². The van der Waals surface area contributed by atoms with Gasteiger partial charge in [-0.25, -0.2) is 4.79 Å². The van der Waals surface area contributed by atoms with Crippen molar-refractivity contribution in [3.8, 4) is 11.5 Å². The normalized spacial score (nSPS) is 15.0. The second-order valence-corrected chi connectivity index (χ2v) is 4.82.